The molecule has 1 atom stereocenters. The van der Waals surface area contributed by atoms with Crippen molar-refractivity contribution in [3.8, 4) is 0 Å². The summed E-state index contributed by atoms with van der Waals surface area (Å²) in [6.07, 6.45) is 4.92. The molecule has 0 N–H and O–H groups in total. The average molecular weight is 201 g/mol. The van der Waals surface area contributed by atoms with Gasteiger partial charge in [0, 0.05) is 6.54 Å². The second-order valence-corrected chi connectivity index (χ2v) is 3.52. The van der Waals surface area contributed by atoms with Gasteiger partial charge in [0.05, 0.1) is 0 Å². The Morgan fingerprint density at radius 3 is 2.50 bits per heavy atom. The van der Waals surface area contributed by atoms with E-state index in [1.165, 1.54) is 25.7 Å². The molecule has 3 nitrogen and oxygen atoms in total. The first kappa shape index (κ1) is 13.4. The Balaban J connectivity index is 3.61. The predicted octanol–water partition coefficient (Wildman–Crippen LogP) is 2.41. The van der Waals surface area contributed by atoms with Gasteiger partial charge in [-0.1, -0.05) is 33.1 Å². The quantitative estimate of drug-likeness (QED) is 0.326. The number of nitrogens with zero attached hydrogens (tertiary/aromatic N) is 1. The van der Waals surface area contributed by atoms with Gasteiger partial charge in [0.15, 0.2) is 6.23 Å². The third-order valence-electron chi connectivity index (χ3n) is 2.47. The zero-order valence-electron chi connectivity index (χ0n) is 9.66. The van der Waals surface area contributed by atoms with Crippen LogP contribution < -0.4 is 0 Å². The van der Waals surface area contributed by atoms with Crippen LogP contribution in [0.25, 0.3) is 0 Å². The highest BCUT2D eigenvalue weighted by molar-refractivity contribution is 5.37. The molecule has 0 aromatic heterocycles. The van der Waals surface area contributed by atoms with Gasteiger partial charge >= 0.3 is 0 Å². The third kappa shape index (κ3) is 5.97. The van der Waals surface area contributed by atoms with Crippen LogP contribution in [0.4, 0.5) is 0 Å². The smallest absolute Gasteiger partial charge is 0.294 e. The van der Waals surface area contributed by atoms with E-state index in [1.807, 2.05) is 6.92 Å². The van der Waals surface area contributed by atoms with Crippen molar-refractivity contribution < 1.29 is 9.53 Å². The lowest BCUT2D eigenvalue weighted by atomic mass is 10.2. The number of ether oxygens (including phenoxy) is 1. The lowest BCUT2D eigenvalue weighted by Crippen LogP contribution is -2.35. The van der Waals surface area contributed by atoms with E-state index in [0.29, 0.717) is 6.47 Å². The minimum atomic E-state index is -0.0841. The first-order chi connectivity index (χ1) is 6.76. The standard InChI is InChI=1S/C11H23NO2/c1-4-6-7-8-9-12(5-2)11(3)14-10-13/h10-11H,4-9H2,1-3H3. The summed E-state index contributed by atoms with van der Waals surface area (Å²) in [5, 5.41) is 0. The zero-order valence-corrected chi connectivity index (χ0v) is 9.66. The summed E-state index contributed by atoms with van der Waals surface area (Å²) in [6.45, 7) is 8.68. The van der Waals surface area contributed by atoms with Crippen LogP contribution >= 0.6 is 0 Å². The minimum Gasteiger partial charge on any atom is -0.449 e. The van der Waals surface area contributed by atoms with Gasteiger partial charge in [0.2, 0.25) is 0 Å². The van der Waals surface area contributed by atoms with Gasteiger partial charge in [0.25, 0.3) is 6.47 Å². The van der Waals surface area contributed by atoms with Crippen molar-refractivity contribution in [3.63, 3.8) is 0 Å². The van der Waals surface area contributed by atoms with Crippen molar-refractivity contribution in [2.45, 2.75) is 52.7 Å². The molecule has 0 saturated heterocycles. The molecule has 0 aromatic rings. The lowest BCUT2D eigenvalue weighted by Gasteiger charge is -2.25. The first-order valence-electron chi connectivity index (χ1n) is 5.59. The van der Waals surface area contributed by atoms with Gasteiger partial charge in [-0.2, -0.15) is 0 Å². The highest BCUT2D eigenvalue weighted by Gasteiger charge is 2.10. The van der Waals surface area contributed by atoms with Gasteiger partial charge < -0.3 is 4.74 Å². The maximum Gasteiger partial charge on any atom is 0.294 e. The summed E-state index contributed by atoms with van der Waals surface area (Å²) in [4.78, 5) is 12.3. The lowest BCUT2D eigenvalue weighted by molar-refractivity contribution is -0.141. The van der Waals surface area contributed by atoms with E-state index in [1.54, 1.807) is 0 Å². The summed E-state index contributed by atoms with van der Waals surface area (Å²) in [6, 6.07) is 0. The second kappa shape index (κ2) is 9.00. The molecule has 1 unspecified atom stereocenters. The van der Waals surface area contributed by atoms with Crippen LogP contribution in [0.2, 0.25) is 0 Å². The number of rotatable bonds is 9. The van der Waals surface area contributed by atoms with Gasteiger partial charge in [-0.15, -0.1) is 0 Å². The van der Waals surface area contributed by atoms with Crippen LogP contribution in [0.3, 0.4) is 0 Å². The van der Waals surface area contributed by atoms with E-state index in [2.05, 4.69) is 18.7 Å². The molecule has 14 heavy (non-hydrogen) atoms. The van der Waals surface area contributed by atoms with Gasteiger partial charge in [-0.05, 0) is 19.9 Å². The molecule has 0 spiro atoms. The molecule has 0 aliphatic heterocycles. The molecule has 0 rings (SSSR count). The predicted molar refractivity (Wildman–Crippen MR) is 58.0 cm³/mol. The first-order valence-corrected chi connectivity index (χ1v) is 5.59. The Bertz CT molecular complexity index is 139. The monoisotopic (exact) mass is 201 g/mol. The average Bonchev–Trinajstić information content (AvgIpc) is 2.18. The van der Waals surface area contributed by atoms with E-state index < -0.39 is 0 Å². The Hall–Kier alpha value is -0.570. The van der Waals surface area contributed by atoms with Crippen molar-refractivity contribution in [2.24, 2.45) is 0 Å². The highest BCUT2D eigenvalue weighted by atomic mass is 16.5. The van der Waals surface area contributed by atoms with Crippen molar-refractivity contribution in [3.05, 3.63) is 0 Å². The summed E-state index contributed by atoms with van der Waals surface area (Å²) in [7, 11) is 0. The molecule has 0 bridgehead atoms. The highest BCUT2D eigenvalue weighted by Crippen LogP contribution is 2.05. The molecule has 0 radical (unpaired) electrons. The molecular weight excluding hydrogens is 178 g/mol. The number of carbonyl (C=O) groups excluding carboxylic acids is 1. The Morgan fingerprint density at radius 2 is 2.00 bits per heavy atom. The molecule has 0 aliphatic carbocycles. The van der Waals surface area contributed by atoms with E-state index in [4.69, 9.17) is 4.74 Å². The molecule has 0 heterocycles. The Kier molecular flexibility index (Phi) is 8.64. The van der Waals surface area contributed by atoms with Crippen LogP contribution in [-0.4, -0.2) is 30.7 Å². The van der Waals surface area contributed by atoms with Crippen LogP contribution in [0.15, 0.2) is 0 Å². The van der Waals surface area contributed by atoms with Crippen LogP contribution in [0, 0.1) is 0 Å². The van der Waals surface area contributed by atoms with E-state index >= 15 is 0 Å². The summed E-state index contributed by atoms with van der Waals surface area (Å²) in [5.41, 5.74) is 0. The number of hydrogen-bond donors (Lipinski definition) is 0. The van der Waals surface area contributed by atoms with E-state index in [9.17, 15) is 4.79 Å². The molecule has 0 amide bonds. The summed E-state index contributed by atoms with van der Waals surface area (Å²) in [5.74, 6) is 0. The molecule has 3 heteroatoms. The second-order valence-electron chi connectivity index (χ2n) is 3.52. The largest absolute Gasteiger partial charge is 0.449 e. The summed E-state index contributed by atoms with van der Waals surface area (Å²) >= 11 is 0. The fourth-order valence-corrected chi connectivity index (χ4v) is 1.51. The van der Waals surface area contributed by atoms with Crippen molar-refractivity contribution in [1.82, 2.24) is 4.90 Å². The molecule has 0 aromatic carbocycles. The SMILES string of the molecule is CCCCCCN(CC)C(C)OC=O. The zero-order chi connectivity index (χ0) is 10.8. The van der Waals surface area contributed by atoms with Gasteiger partial charge in [-0.3, -0.25) is 9.69 Å². The normalized spacial score (nSPS) is 12.9. The molecule has 0 saturated carbocycles. The van der Waals surface area contributed by atoms with Gasteiger partial charge in [0.1, 0.15) is 0 Å². The number of carbonyl (C=O) groups is 1. The fourth-order valence-electron chi connectivity index (χ4n) is 1.51. The Labute approximate surface area is 87.4 Å². The molecule has 84 valence electrons. The minimum absolute atomic E-state index is 0.0841. The van der Waals surface area contributed by atoms with Crippen molar-refractivity contribution in [1.29, 1.82) is 0 Å². The van der Waals surface area contributed by atoms with Crippen LogP contribution in [-0.2, 0) is 9.53 Å². The van der Waals surface area contributed by atoms with E-state index in [0.717, 1.165) is 13.1 Å². The van der Waals surface area contributed by atoms with Crippen molar-refractivity contribution >= 4 is 6.47 Å². The van der Waals surface area contributed by atoms with Crippen molar-refractivity contribution in [2.75, 3.05) is 13.1 Å². The molecular formula is C11H23NO2. The fraction of sp³-hybridized carbons (Fsp3) is 0.909. The number of hydrogen-bond acceptors (Lipinski definition) is 3. The summed E-state index contributed by atoms with van der Waals surface area (Å²) < 4.78 is 4.90. The number of unbranched alkanes of at least 4 members (excludes halogenated alkanes) is 3. The maximum atomic E-state index is 10.2. The van der Waals surface area contributed by atoms with Crippen LogP contribution in [0.5, 0.6) is 0 Å². The Morgan fingerprint density at radius 1 is 1.29 bits per heavy atom. The molecule has 0 aliphatic rings. The maximum absolute atomic E-state index is 10.2. The molecule has 0 fully saturated rings. The van der Waals surface area contributed by atoms with E-state index in [-0.39, 0.29) is 6.23 Å². The topological polar surface area (TPSA) is 29.5 Å². The van der Waals surface area contributed by atoms with Crippen LogP contribution in [0.1, 0.15) is 46.5 Å². The van der Waals surface area contributed by atoms with Gasteiger partial charge in [-0.25, -0.2) is 0 Å². The third-order valence-corrected chi connectivity index (χ3v) is 2.47.